The molecule has 0 saturated heterocycles. The van der Waals surface area contributed by atoms with E-state index >= 15 is 0 Å². The molecule has 1 aromatic rings. The van der Waals surface area contributed by atoms with Crippen LogP contribution in [0.4, 0.5) is 5.82 Å². The number of hydrogen-bond acceptors (Lipinski definition) is 4. The van der Waals surface area contributed by atoms with Crippen LogP contribution < -0.4 is 4.90 Å². The van der Waals surface area contributed by atoms with Gasteiger partial charge in [0.1, 0.15) is 11.6 Å². The standard InChI is InChI=1S/C17H24N2O3.2C2H6/c1-5-19(9-8-14(4)22-12-13(2)3)16-7-6-15(11-18-16)10-17(20)21;2*1-2/h6-9,11,13H,4-5,10,12H2,1-3H3,(H,20,21);2*1-2H3/b9-8+;;. The van der Waals surface area contributed by atoms with Crippen molar-refractivity contribution in [2.45, 2.75) is 54.9 Å². The van der Waals surface area contributed by atoms with E-state index in [1.54, 1.807) is 18.3 Å². The Bertz CT molecular complexity index is 523. The smallest absolute Gasteiger partial charge is 0.307 e. The average Bonchev–Trinajstić information content (AvgIpc) is 2.64. The largest absolute Gasteiger partial charge is 0.494 e. The molecule has 0 aromatic carbocycles. The highest BCUT2D eigenvalue weighted by atomic mass is 16.5. The van der Waals surface area contributed by atoms with Gasteiger partial charge >= 0.3 is 5.97 Å². The first kappa shape index (κ1) is 25.9. The van der Waals surface area contributed by atoms with Gasteiger partial charge in [0.15, 0.2) is 0 Å². The predicted octanol–water partition coefficient (Wildman–Crippen LogP) is 5.29. The Kier molecular flexibility index (Phi) is 16.1. The SMILES string of the molecule is C=C(/C=C/N(CC)c1ccc(CC(=O)O)cn1)OCC(C)C.CC.CC. The van der Waals surface area contributed by atoms with E-state index < -0.39 is 5.97 Å². The topological polar surface area (TPSA) is 62.7 Å². The first-order chi connectivity index (χ1) is 12.4. The number of carboxylic acid groups (broad SMARTS) is 1. The van der Waals surface area contributed by atoms with Gasteiger partial charge in [-0.05, 0) is 30.5 Å². The molecule has 0 aliphatic heterocycles. The van der Waals surface area contributed by atoms with Crippen molar-refractivity contribution < 1.29 is 14.6 Å². The first-order valence-electron chi connectivity index (χ1n) is 9.35. The number of allylic oxidation sites excluding steroid dienone is 1. The summed E-state index contributed by atoms with van der Waals surface area (Å²) in [6, 6.07) is 3.58. The van der Waals surface area contributed by atoms with Crippen molar-refractivity contribution in [2.75, 3.05) is 18.1 Å². The number of ether oxygens (including phenoxy) is 1. The van der Waals surface area contributed by atoms with Crippen molar-refractivity contribution in [3.05, 3.63) is 48.5 Å². The number of anilines is 1. The van der Waals surface area contributed by atoms with Gasteiger partial charge < -0.3 is 14.7 Å². The molecule has 0 unspecified atom stereocenters. The van der Waals surface area contributed by atoms with Crippen LogP contribution in [0.3, 0.4) is 0 Å². The minimum Gasteiger partial charge on any atom is -0.494 e. The maximum atomic E-state index is 10.7. The Morgan fingerprint density at radius 1 is 1.31 bits per heavy atom. The highest BCUT2D eigenvalue weighted by Crippen LogP contribution is 2.13. The van der Waals surface area contributed by atoms with E-state index in [2.05, 4.69) is 25.4 Å². The van der Waals surface area contributed by atoms with Gasteiger partial charge in [-0.3, -0.25) is 4.79 Å². The minimum absolute atomic E-state index is 0.0188. The molecular weight excluding hydrogens is 328 g/mol. The van der Waals surface area contributed by atoms with Crippen LogP contribution >= 0.6 is 0 Å². The molecule has 1 heterocycles. The first-order valence-corrected chi connectivity index (χ1v) is 9.35. The molecule has 5 nitrogen and oxygen atoms in total. The van der Waals surface area contributed by atoms with Crippen LogP contribution in [-0.2, 0) is 16.0 Å². The summed E-state index contributed by atoms with van der Waals surface area (Å²) in [6.07, 6.45) is 5.24. The Balaban J connectivity index is 0. The molecule has 0 saturated carbocycles. The van der Waals surface area contributed by atoms with Gasteiger partial charge in [0.2, 0.25) is 0 Å². The number of carboxylic acids is 1. The average molecular weight is 365 g/mol. The molecule has 0 fully saturated rings. The van der Waals surface area contributed by atoms with E-state index in [-0.39, 0.29) is 6.42 Å². The molecule has 148 valence electrons. The zero-order valence-corrected chi connectivity index (χ0v) is 17.5. The molecule has 0 bridgehead atoms. The molecule has 26 heavy (non-hydrogen) atoms. The van der Waals surface area contributed by atoms with Gasteiger partial charge in [-0.1, -0.05) is 54.2 Å². The van der Waals surface area contributed by atoms with Gasteiger partial charge in [0.05, 0.1) is 13.0 Å². The zero-order valence-electron chi connectivity index (χ0n) is 17.5. The van der Waals surface area contributed by atoms with E-state index in [4.69, 9.17) is 9.84 Å². The van der Waals surface area contributed by atoms with Crippen LogP contribution in [-0.4, -0.2) is 29.2 Å². The number of hydrogen-bond donors (Lipinski definition) is 1. The van der Waals surface area contributed by atoms with E-state index in [1.807, 2.05) is 51.8 Å². The number of nitrogens with zero attached hydrogens (tertiary/aromatic N) is 2. The second-order valence-corrected chi connectivity index (χ2v) is 5.37. The second kappa shape index (κ2) is 16.2. The Morgan fingerprint density at radius 3 is 2.35 bits per heavy atom. The maximum absolute atomic E-state index is 10.7. The van der Waals surface area contributed by atoms with Crippen molar-refractivity contribution in [2.24, 2.45) is 5.92 Å². The molecule has 5 heteroatoms. The van der Waals surface area contributed by atoms with Gasteiger partial charge in [0.25, 0.3) is 0 Å². The van der Waals surface area contributed by atoms with Crippen LogP contribution in [0.15, 0.2) is 42.9 Å². The molecule has 0 atom stereocenters. The normalized spacial score (nSPS) is 9.69. The molecular formula is C21H36N2O3. The summed E-state index contributed by atoms with van der Waals surface area (Å²) >= 11 is 0. The lowest BCUT2D eigenvalue weighted by molar-refractivity contribution is -0.136. The number of rotatable bonds is 9. The molecule has 0 amide bonds. The highest BCUT2D eigenvalue weighted by Gasteiger charge is 2.05. The van der Waals surface area contributed by atoms with Crippen LogP contribution in [0.25, 0.3) is 0 Å². The molecule has 1 rings (SSSR count). The van der Waals surface area contributed by atoms with Crippen molar-refractivity contribution >= 4 is 11.8 Å². The van der Waals surface area contributed by atoms with Crippen molar-refractivity contribution in [1.29, 1.82) is 0 Å². The lowest BCUT2D eigenvalue weighted by Crippen LogP contribution is -2.16. The Morgan fingerprint density at radius 2 is 1.92 bits per heavy atom. The maximum Gasteiger partial charge on any atom is 0.307 e. The summed E-state index contributed by atoms with van der Waals surface area (Å²) in [5.74, 6) is 0.954. The summed E-state index contributed by atoms with van der Waals surface area (Å²) in [5.41, 5.74) is 0.681. The molecule has 0 aliphatic carbocycles. The van der Waals surface area contributed by atoms with E-state index in [0.29, 0.717) is 23.8 Å². The fraction of sp³-hybridized carbons (Fsp3) is 0.524. The van der Waals surface area contributed by atoms with E-state index in [0.717, 1.165) is 12.4 Å². The summed E-state index contributed by atoms with van der Waals surface area (Å²) in [6.45, 7) is 19.4. The fourth-order valence-electron chi connectivity index (χ4n) is 1.70. The summed E-state index contributed by atoms with van der Waals surface area (Å²) < 4.78 is 5.50. The third-order valence-electron chi connectivity index (χ3n) is 2.84. The van der Waals surface area contributed by atoms with Gasteiger partial charge in [-0.25, -0.2) is 4.98 Å². The van der Waals surface area contributed by atoms with Crippen molar-refractivity contribution in [3.8, 4) is 0 Å². The number of pyridine rings is 1. The fourth-order valence-corrected chi connectivity index (χ4v) is 1.70. The Hall–Kier alpha value is -2.30. The molecule has 0 aliphatic rings. The summed E-state index contributed by atoms with van der Waals surface area (Å²) in [5, 5.41) is 8.75. The lowest BCUT2D eigenvalue weighted by Gasteiger charge is -2.17. The minimum atomic E-state index is -0.861. The van der Waals surface area contributed by atoms with E-state index in [1.165, 1.54) is 0 Å². The molecule has 0 radical (unpaired) electrons. The summed E-state index contributed by atoms with van der Waals surface area (Å²) in [7, 11) is 0. The predicted molar refractivity (Wildman–Crippen MR) is 110 cm³/mol. The van der Waals surface area contributed by atoms with Crippen LogP contribution in [0.5, 0.6) is 0 Å². The zero-order chi connectivity index (χ0) is 20.5. The van der Waals surface area contributed by atoms with Crippen molar-refractivity contribution in [1.82, 2.24) is 4.98 Å². The van der Waals surface area contributed by atoms with E-state index in [9.17, 15) is 4.79 Å². The lowest BCUT2D eigenvalue weighted by atomic mass is 10.2. The summed E-state index contributed by atoms with van der Waals surface area (Å²) in [4.78, 5) is 16.9. The van der Waals surface area contributed by atoms with Gasteiger partial charge in [0, 0.05) is 18.9 Å². The quantitative estimate of drug-likeness (QED) is 0.476. The number of aliphatic carboxylic acids is 1. The van der Waals surface area contributed by atoms with Crippen LogP contribution in [0.1, 0.15) is 54.0 Å². The van der Waals surface area contributed by atoms with Gasteiger partial charge in [-0.15, -0.1) is 0 Å². The number of carbonyl (C=O) groups is 1. The molecule has 1 N–H and O–H groups in total. The molecule has 0 spiro atoms. The third kappa shape index (κ3) is 12.1. The monoisotopic (exact) mass is 364 g/mol. The second-order valence-electron chi connectivity index (χ2n) is 5.37. The van der Waals surface area contributed by atoms with Crippen LogP contribution in [0.2, 0.25) is 0 Å². The Labute approximate surface area is 159 Å². The van der Waals surface area contributed by atoms with Crippen molar-refractivity contribution in [3.63, 3.8) is 0 Å². The third-order valence-corrected chi connectivity index (χ3v) is 2.84. The number of aromatic nitrogens is 1. The van der Waals surface area contributed by atoms with Gasteiger partial charge in [-0.2, -0.15) is 0 Å². The molecule has 1 aromatic heterocycles. The van der Waals surface area contributed by atoms with Crippen LogP contribution in [0, 0.1) is 5.92 Å². The highest BCUT2D eigenvalue weighted by molar-refractivity contribution is 5.70.